The number of nitrogens with one attached hydrogen (secondary N) is 2. The minimum atomic E-state index is -0.273. The lowest BCUT2D eigenvalue weighted by molar-refractivity contribution is -0.111. The van der Waals surface area contributed by atoms with E-state index in [4.69, 9.17) is 5.11 Å². The Morgan fingerprint density at radius 1 is 1.06 bits per heavy atom. The van der Waals surface area contributed by atoms with Crippen molar-refractivity contribution >= 4 is 34.3 Å². The van der Waals surface area contributed by atoms with Gasteiger partial charge in [0.15, 0.2) is 0 Å². The molecule has 1 aliphatic heterocycles. The molecule has 0 saturated carbocycles. The molecule has 0 radical (unpaired) electrons. The van der Waals surface area contributed by atoms with E-state index in [2.05, 4.69) is 54.4 Å². The smallest absolute Gasteiger partial charge is 0.247 e. The molecule has 0 atom stereocenters. The molecule has 3 heterocycles. The third-order valence-electron chi connectivity index (χ3n) is 6.19. The Morgan fingerprint density at radius 3 is 2.61 bits per heavy atom. The molecule has 184 valence electrons. The molecular weight excluding hydrogens is 456 g/mol. The number of aromatic nitrogens is 4. The fourth-order valence-electron chi connectivity index (χ4n) is 4.29. The number of carbonyl (C=O) groups is 1. The molecular formula is C26H28N8O2. The molecule has 5 rings (SSSR count). The first kappa shape index (κ1) is 23.5. The van der Waals surface area contributed by atoms with Gasteiger partial charge in [0, 0.05) is 61.4 Å². The number of rotatable bonds is 8. The number of piperazine rings is 1. The summed E-state index contributed by atoms with van der Waals surface area (Å²) in [5.74, 6) is 0.401. The summed E-state index contributed by atoms with van der Waals surface area (Å²) >= 11 is 0. The lowest BCUT2D eigenvalue weighted by atomic mass is 10.1. The molecule has 4 aromatic rings. The average Bonchev–Trinajstić information content (AvgIpc) is 3.33. The zero-order valence-corrected chi connectivity index (χ0v) is 19.8. The summed E-state index contributed by atoms with van der Waals surface area (Å²) < 4.78 is 1.62. The van der Waals surface area contributed by atoms with Crippen LogP contribution in [0.2, 0.25) is 0 Å². The van der Waals surface area contributed by atoms with Gasteiger partial charge >= 0.3 is 0 Å². The standard InChI is InChI=1S/C26H28N8O2/c1-2-25(36)29-21-5-3-4-19(16-21)26-23-17-24(27-18-34(23)31-30-26)28-20-6-8-22(9-7-20)33-12-10-32(11-13-33)14-15-35/h2-9,16-18,28,35H,1,10-15H2,(H,29,36). The number of β-amino-alcohol motifs (C(OH)–C–C–N with tert-alkyl or cyclic N) is 1. The zero-order valence-electron chi connectivity index (χ0n) is 19.8. The Kier molecular flexibility index (Phi) is 6.87. The molecule has 10 heteroatoms. The van der Waals surface area contributed by atoms with Crippen LogP contribution in [0.1, 0.15) is 0 Å². The van der Waals surface area contributed by atoms with Crippen LogP contribution in [0.4, 0.5) is 22.9 Å². The topological polar surface area (TPSA) is 111 Å². The first-order chi connectivity index (χ1) is 17.6. The van der Waals surface area contributed by atoms with Gasteiger partial charge in [-0.3, -0.25) is 9.69 Å². The molecule has 10 nitrogen and oxygen atoms in total. The number of hydrogen-bond donors (Lipinski definition) is 3. The second-order valence-corrected chi connectivity index (χ2v) is 8.54. The van der Waals surface area contributed by atoms with E-state index in [0.29, 0.717) is 17.2 Å². The third-order valence-corrected chi connectivity index (χ3v) is 6.19. The number of benzene rings is 2. The van der Waals surface area contributed by atoms with Crippen molar-refractivity contribution < 1.29 is 9.90 Å². The van der Waals surface area contributed by atoms with Crippen LogP contribution in [0.5, 0.6) is 0 Å². The highest BCUT2D eigenvalue weighted by Gasteiger charge is 2.17. The maximum Gasteiger partial charge on any atom is 0.247 e. The van der Waals surface area contributed by atoms with Crippen molar-refractivity contribution in [2.45, 2.75) is 0 Å². The molecule has 0 bridgehead atoms. The lowest BCUT2D eigenvalue weighted by Gasteiger charge is -2.35. The number of fused-ring (bicyclic) bond motifs is 1. The van der Waals surface area contributed by atoms with Crippen molar-refractivity contribution in [1.29, 1.82) is 0 Å². The van der Waals surface area contributed by atoms with E-state index in [1.54, 1.807) is 10.8 Å². The number of amides is 1. The van der Waals surface area contributed by atoms with E-state index in [0.717, 1.165) is 49.5 Å². The number of anilines is 4. The maximum atomic E-state index is 11.7. The van der Waals surface area contributed by atoms with Crippen LogP contribution in [-0.4, -0.2) is 75.1 Å². The quantitative estimate of drug-likeness (QED) is 0.328. The van der Waals surface area contributed by atoms with Crippen molar-refractivity contribution in [1.82, 2.24) is 24.7 Å². The van der Waals surface area contributed by atoms with E-state index < -0.39 is 0 Å². The van der Waals surface area contributed by atoms with Gasteiger partial charge in [0.05, 0.1) is 12.1 Å². The molecule has 3 N–H and O–H groups in total. The molecule has 1 amide bonds. The zero-order chi connectivity index (χ0) is 24.9. The van der Waals surface area contributed by atoms with Gasteiger partial charge in [-0.1, -0.05) is 23.9 Å². The molecule has 1 aliphatic rings. The number of aliphatic hydroxyl groups excluding tert-OH is 1. The van der Waals surface area contributed by atoms with E-state index in [-0.39, 0.29) is 12.5 Å². The van der Waals surface area contributed by atoms with E-state index >= 15 is 0 Å². The van der Waals surface area contributed by atoms with Crippen LogP contribution in [0.15, 0.2) is 73.6 Å². The van der Waals surface area contributed by atoms with Crippen molar-refractivity contribution in [2.75, 3.05) is 54.9 Å². The van der Waals surface area contributed by atoms with Crippen molar-refractivity contribution in [3.63, 3.8) is 0 Å². The summed E-state index contributed by atoms with van der Waals surface area (Å²) in [5, 5.41) is 23.8. The van der Waals surface area contributed by atoms with Gasteiger partial charge in [0.1, 0.15) is 17.8 Å². The SMILES string of the molecule is C=CC(=O)Nc1cccc(-c2nnn3cnc(Nc4ccc(N5CCN(CCO)CC5)cc4)cc23)c1. The lowest BCUT2D eigenvalue weighted by Crippen LogP contribution is -2.47. The van der Waals surface area contributed by atoms with Gasteiger partial charge < -0.3 is 20.6 Å². The summed E-state index contributed by atoms with van der Waals surface area (Å²) in [6.45, 7) is 8.23. The Bertz CT molecular complexity index is 1360. The van der Waals surface area contributed by atoms with Gasteiger partial charge in [0.25, 0.3) is 0 Å². The number of carbonyl (C=O) groups excluding carboxylic acids is 1. The number of nitrogens with zero attached hydrogens (tertiary/aromatic N) is 6. The average molecular weight is 485 g/mol. The highest BCUT2D eigenvalue weighted by molar-refractivity contribution is 5.99. The van der Waals surface area contributed by atoms with E-state index in [1.165, 1.54) is 11.8 Å². The largest absolute Gasteiger partial charge is 0.395 e. The van der Waals surface area contributed by atoms with Crippen LogP contribution >= 0.6 is 0 Å². The van der Waals surface area contributed by atoms with Crippen LogP contribution in [0.3, 0.4) is 0 Å². The van der Waals surface area contributed by atoms with Gasteiger partial charge in [-0.05, 0) is 42.5 Å². The molecule has 2 aromatic heterocycles. The summed E-state index contributed by atoms with van der Waals surface area (Å²) in [5.41, 5.74) is 5.06. The summed E-state index contributed by atoms with van der Waals surface area (Å²) in [7, 11) is 0. The fourth-order valence-corrected chi connectivity index (χ4v) is 4.29. The van der Waals surface area contributed by atoms with Crippen molar-refractivity contribution in [2.24, 2.45) is 0 Å². The van der Waals surface area contributed by atoms with Crippen LogP contribution in [0.25, 0.3) is 16.8 Å². The number of hydrogen-bond acceptors (Lipinski definition) is 8. The van der Waals surface area contributed by atoms with Gasteiger partial charge in [0.2, 0.25) is 5.91 Å². The molecule has 2 aromatic carbocycles. The Labute approximate surface area is 208 Å². The minimum absolute atomic E-state index is 0.206. The predicted octanol–water partition coefficient (Wildman–Crippen LogP) is 2.77. The monoisotopic (exact) mass is 484 g/mol. The molecule has 1 fully saturated rings. The first-order valence-corrected chi connectivity index (χ1v) is 11.8. The second kappa shape index (κ2) is 10.5. The van der Waals surface area contributed by atoms with Crippen molar-refractivity contribution in [3.05, 3.63) is 73.6 Å². The van der Waals surface area contributed by atoms with E-state index in [1.807, 2.05) is 42.5 Å². The van der Waals surface area contributed by atoms with Crippen molar-refractivity contribution in [3.8, 4) is 11.3 Å². The van der Waals surface area contributed by atoms with Crippen LogP contribution in [0, 0.1) is 0 Å². The normalized spacial score (nSPS) is 14.1. The predicted molar refractivity (Wildman–Crippen MR) is 141 cm³/mol. The summed E-state index contributed by atoms with van der Waals surface area (Å²) in [4.78, 5) is 20.8. The van der Waals surface area contributed by atoms with E-state index in [9.17, 15) is 4.79 Å². The van der Waals surface area contributed by atoms with Crippen LogP contribution < -0.4 is 15.5 Å². The number of aliphatic hydroxyl groups is 1. The highest BCUT2D eigenvalue weighted by atomic mass is 16.3. The third kappa shape index (κ3) is 5.19. The second-order valence-electron chi connectivity index (χ2n) is 8.54. The van der Waals surface area contributed by atoms with Gasteiger partial charge in [-0.2, -0.15) is 0 Å². The van der Waals surface area contributed by atoms with Crippen LogP contribution in [-0.2, 0) is 4.79 Å². The Morgan fingerprint density at radius 2 is 1.86 bits per heavy atom. The summed E-state index contributed by atoms with van der Waals surface area (Å²) in [6.07, 6.45) is 2.85. The fraction of sp³-hybridized carbons (Fsp3) is 0.231. The highest BCUT2D eigenvalue weighted by Crippen LogP contribution is 2.27. The molecule has 0 spiro atoms. The Balaban J connectivity index is 1.31. The molecule has 36 heavy (non-hydrogen) atoms. The molecule has 0 aliphatic carbocycles. The first-order valence-electron chi connectivity index (χ1n) is 11.8. The summed E-state index contributed by atoms with van der Waals surface area (Å²) in [6, 6.07) is 17.6. The van der Waals surface area contributed by atoms with Gasteiger partial charge in [-0.25, -0.2) is 9.50 Å². The minimum Gasteiger partial charge on any atom is -0.395 e. The Hall–Kier alpha value is -4.28. The van der Waals surface area contributed by atoms with Gasteiger partial charge in [-0.15, -0.1) is 5.10 Å². The molecule has 1 saturated heterocycles. The molecule has 0 unspecified atom stereocenters. The maximum absolute atomic E-state index is 11.7.